The van der Waals surface area contributed by atoms with Gasteiger partial charge in [0.1, 0.15) is 0 Å². The predicted octanol–water partition coefficient (Wildman–Crippen LogP) is 1.49. The first-order chi connectivity index (χ1) is 5.38. The van der Waals surface area contributed by atoms with Crippen molar-refractivity contribution in [2.45, 2.75) is 49.9 Å². The molecule has 1 spiro atoms. The average molecular weight is 154 g/mol. The van der Waals surface area contributed by atoms with Gasteiger partial charge in [0.25, 0.3) is 0 Å². The van der Waals surface area contributed by atoms with Crippen molar-refractivity contribution in [1.29, 1.82) is 0 Å². The van der Waals surface area contributed by atoms with E-state index in [4.69, 9.17) is 9.47 Å². The van der Waals surface area contributed by atoms with E-state index in [1.54, 1.807) is 0 Å². The summed E-state index contributed by atoms with van der Waals surface area (Å²) in [5.41, 5.74) is 0.262. The van der Waals surface area contributed by atoms with Crippen molar-refractivity contribution >= 4 is 0 Å². The molecule has 0 aromatic carbocycles. The van der Waals surface area contributed by atoms with Crippen LogP contribution in [0.25, 0.3) is 0 Å². The summed E-state index contributed by atoms with van der Waals surface area (Å²) in [5.74, 6) is 0. The molecule has 0 N–H and O–H groups in total. The molecule has 0 bridgehead atoms. The molecule has 0 amide bonds. The summed E-state index contributed by atoms with van der Waals surface area (Å²) < 4.78 is 11.3. The Kier molecular flexibility index (Phi) is 1.16. The molecule has 11 heavy (non-hydrogen) atoms. The molecule has 2 heterocycles. The van der Waals surface area contributed by atoms with Gasteiger partial charge in [-0.05, 0) is 25.7 Å². The zero-order valence-corrected chi connectivity index (χ0v) is 6.71. The molecule has 3 fully saturated rings. The average Bonchev–Trinajstić information content (AvgIpc) is 2.63. The zero-order chi connectivity index (χ0) is 7.31. The standard InChI is InChI=1S/C9H14O2/c1-3-9(10-5-1)4-2-7-8(6-9)11-7/h7-8H,1-6H2. The molecule has 62 valence electrons. The first-order valence-corrected chi connectivity index (χ1v) is 4.67. The molecular formula is C9H14O2. The molecule has 0 aromatic rings. The zero-order valence-electron chi connectivity index (χ0n) is 6.71. The molecule has 2 saturated heterocycles. The van der Waals surface area contributed by atoms with Gasteiger partial charge in [-0.25, -0.2) is 0 Å². The molecule has 3 atom stereocenters. The molecule has 2 aliphatic heterocycles. The van der Waals surface area contributed by atoms with E-state index in [9.17, 15) is 0 Å². The highest BCUT2D eigenvalue weighted by Gasteiger charge is 2.52. The number of hydrogen-bond donors (Lipinski definition) is 0. The quantitative estimate of drug-likeness (QED) is 0.493. The van der Waals surface area contributed by atoms with Crippen LogP contribution in [0.3, 0.4) is 0 Å². The summed E-state index contributed by atoms with van der Waals surface area (Å²) in [4.78, 5) is 0. The third-order valence-corrected chi connectivity index (χ3v) is 3.33. The van der Waals surface area contributed by atoms with Crippen LogP contribution in [0.2, 0.25) is 0 Å². The second kappa shape index (κ2) is 1.99. The van der Waals surface area contributed by atoms with Crippen LogP contribution in [0.1, 0.15) is 32.1 Å². The lowest BCUT2D eigenvalue weighted by Gasteiger charge is -2.29. The highest BCUT2D eigenvalue weighted by molar-refractivity contribution is 5.01. The van der Waals surface area contributed by atoms with Crippen molar-refractivity contribution in [1.82, 2.24) is 0 Å². The summed E-state index contributed by atoms with van der Waals surface area (Å²) in [6, 6.07) is 0. The number of hydrogen-bond acceptors (Lipinski definition) is 2. The minimum Gasteiger partial charge on any atom is -0.375 e. The second-order valence-corrected chi connectivity index (χ2v) is 4.09. The molecule has 0 aromatic heterocycles. The Morgan fingerprint density at radius 3 is 2.91 bits per heavy atom. The van der Waals surface area contributed by atoms with Crippen LogP contribution >= 0.6 is 0 Å². The third kappa shape index (κ3) is 0.926. The Labute approximate surface area is 66.9 Å². The lowest BCUT2D eigenvalue weighted by Crippen LogP contribution is -2.33. The summed E-state index contributed by atoms with van der Waals surface area (Å²) in [6.07, 6.45) is 7.39. The lowest BCUT2D eigenvalue weighted by molar-refractivity contribution is -0.0192. The Morgan fingerprint density at radius 2 is 2.18 bits per heavy atom. The minimum atomic E-state index is 0.262. The van der Waals surface area contributed by atoms with Crippen molar-refractivity contribution in [3.8, 4) is 0 Å². The Hall–Kier alpha value is -0.0800. The molecule has 1 saturated carbocycles. The van der Waals surface area contributed by atoms with Crippen LogP contribution in [-0.2, 0) is 9.47 Å². The Morgan fingerprint density at radius 1 is 1.18 bits per heavy atom. The fourth-order valence-corrected chi connectivity index (χ4v) is 2.60. The molecule has 2 heteroatoms. The third-order valence-electron chi connectivity index (χ3n) is 3.33. The molecule has 3 aliphatic rings. The van der Waals surface area contributed by atoms with E-state index in [-0.39, 0.29) is 5.60 Å². The van der Waals surface area contributed by atoms with E-state index in [0.717, 1.165) is 6.61 Å². The molecule has 0 radical (unpaired) electrons. The number of ether oxygens (including phenoxy) is 2. The highest BCUT2D eigenvalue weighted by atomic mass is 16.6. The van der Waals surface area contributed by atoms with Crippen molar-refractivity contribution in [3.63, 3.8) is 0 Å². The normalized spacial score (nSPS) is 54.5. The lowest BCUT2D eigenvalue weighted by atomic mass is 9.83. The van der Waals surface area contributed by atoms with Crippen LogP contribution in [-0.4, -0.2) is 24.4 Å². The van der Waals surface area contributed by atoms with E-state index >= 15 is 0 Å². The van der Waals surface area contributed by atoms with Gasteiger partial charge in [0, 0.05) is 13.0 Å². The fraction of sp³-hybridized carbons (Fsp3) is 1.00. The van der Waals surface area contributed by atoms with Crippen LogP contribution in [0.5, 0.6) is 0 Å². The van der Waals surface area contributed by atoms with Gasteiger partial charge in [0.05, 0.1) is 17.8 Å². The number of rotatable bonds is 0. The highest BCUT2D eigenvalue weighted by Crippen LogP contribution is 2.47. The van der Waals surface area contributed by atoms with Crippen molar-refractivity contribution in [3.05, 3.63) is 0 Å². The van der Waals surface area contributed by atoms with Crippen molar-refractivity contribution < 1.29 is 9.47 Å². The largest absolute Gasteiger partial charge is 0.375 e. The van der Waals surface area contributed by atoms with Crippen LogP contribution < -0.4 is 0 Å². The van der Waals surface area contributed by atoms with Gasteiger partial charge in [-0.2, -0.15) is 0 Å². The maximum atomic E-state index is 5.80. The molecule has 1 aliphatic carbocycles. The van der Waals surface area contributed by atoms with E-state index < -0.39 is 0 Å². The molecule has 3 rings (SSSR count). The SMILES string of the molecule is C1COC2(C1)CCC1OC1C2. The van der Waals surface area contributed by atoms with Crippen LogP contribution in [0, 0.1) is 0 Å². The number of epoxide rings is 1. The summed E-state index contributed by atoms with van der Waals surface area (Å²) in [6.45, 7) is 0.984. The number of fused-ring (bicyclic) bond motifs is 1. The van der Waals surface area contributed by atoms with E-state index in [1.807, 2.05) is 0 Å². The van der Waals surface area contributed by atoms with Crippen molar-refractivity contribution in [2.24, 2.45) is 0 Å². The van der Waals surface area contributed by atoms with E-state index in [0.29, 0.717) is 12.2 Å². The maximum absolute atomic E-state index is 5.80. The van der Waals surface area contributed by atoms with Gasteiger partial charge >= 0.3 is 0 Å². The van der Waals surface area contributed by atoms with Gasteiger partial charge in [-0.15, -0.1) is 0 Å². The Balaban J connectivity index is 1.76. The van der Waals surface area contributed by atoms with Crippen LogP contribution in [0.4, 0.5) is 0 Å². The summed E-state index contributed by atoms with van der Waals surface area (Å²) in [7, 11) is 0. The first kappa shape index (κ1) is 6.44. The van der Waals surface area contributed by atoms with Gasteiger partial charge < -0.3 is 9.47 Å². The monoisotopic (exact) mass is 154 g/mol. The minimum absolute atomic E-state index is 0.262. The summed E-state index contributed by atoms with van der Waals surface area (Å²) in [5, 5.41) is 0. The molecule has 2 nitrogen and oxygen atoms in total. The van der Waals surface area contributed by atoms with Gasteiger partial charge in [-0.3, -0.25) is 0 Å². The van der Waals surface area contributed by atoms with E-state index in [2.05, 4.69) is 0 Å². The second-order valence-electron chi connectivity index (χ2n) is 4.09. The van der Waals surface area contributed by atoms with Crippen LogP contribution in [0.15, 0.2) is 0 Å². The molecular weight excluding hydrogens is 140 g/mol. The topological polar surface area (TPSA) is 21.8 Å². The van der Waals surface area contributed by atoms with Gasteiger partial charge in [0.2, 0.25) is 0 Å². The molecule has 3 unspecified atom stereocenters. The fourth-order valence-electron chi connectivity index (χ4n) is 2.60. The van der Waals surface area contributed by atoms with Gasteiger partial charge in [0.15, 0.2) is 0 Å². The Bertz CT molecular complexity index is 172. The van der Waals surface area contributed by atoms with Gasteiger partial charge in [-0.1, -0.05) is 0 Å². The maximum Gasteiger partial charge on any atom is 0.0869 e. The van der Waals surface area contributed by atoms with Crippen molar-refractivity contribution in [2.75, 3.05) is 6.61 Å². The van der Waals surface area contributed by atoms with E-state index in [1.165, 1.54) is 32.1 Å². The summed E-state index contributed by atoms with van der Waals surface area (Å²) >= 11 is 0. The first-order valence-electron chi connectivity index (χ1n) is 4.67. The smallest absolute Gasteiger partial charge is 0.0869 e. The predicted molar refractivity (Wildman–Crippen MR) is 40.4 cm³/mol.